The minimum Gasteiger partial charge on any atom is -0.484 e. The third-order valence-electron chi connectivity index (χ3n) is 3.54. The molecule has 0 bridgehead atoms. The second-order valence-corrected chi connectivity index (χ2v) is 5.93. The van der Waals surface area contributed by atoms with Crippen LogP contribution in [0.5, 0.6) is 5.75 Å². The Morgan fingerprint density at radius 1 is 1.00 bits per heavy atom. The predicted octanol–water partition coefficient (Wildman–Crippen LogP) is 3.23. The molecule has 4 nitrogen and oxygen atoms in total. The average Bonchev–Trinajstić information content (AvgIpc) is 3.37. The van der Waals surface area contributed by atoms with Gasteiger partial charge in [-0.15, -0.1) is 0 Å². The molecule has 1 saturated carbocycles. The first-order valence-electron chi connectivity index (χ1n) is 7.44. The van der Waals surface area contributed by atoms with Crippen LogP contribution < -0.4 is 10.1 Å². The van der Waals surface area contributed by atoms with Gasteiger partial charge >= 0.3 is 0 Å². The van der Waals surface area contributed by atoms with Gasteiger partial charge in [0.25, 0.3) is 5.91 Å². The van der Waals surface area contributed by atoms with Crippen molar-refractivity contribution in [3.8, 4) is 5.75 Å². The lowest BCUT2D eigenvalue weighted by Gasteiger charge is -2.07. The first-order chi connectivity index (χ1) is 11.1. The molecule has 1 aliphatic carbocycles. The monoisotopic (exact) mass is 329 g/mol. The molecule has 3 rings (SSSR count). The van der Waals surface area contributed by atoms with Crippen LogP contribution in [0.25, 0.3) is 0 Å². The highest BCUT2D eigenvalue weighted by atomic mass is 35.5. The van der Waals surface area contributed by atoms with Gasteiger partial charge < -0.3 is 10.1 Å². The third kappa shape index (κ3) is 4.33. The number of ether oxygens (including phenoxy) is 1. The van der Waals surface area contributed by atoms with E-state index in [1.165, 1.54) is 0 Å². The van der Waals surface area contributed by atoms with E-state index in [4.69, 9.17) is 16.3 Å². The van der Waals surface area contributed by atoms with Crippen molar-refractivity contribution >= 4 is 23.3 Å². The summed E-state index contributed by atoms with van der Waals surface area (Å²) in [7, 11) is 0. The molecule has 118 valence electrons. The largest absolute Gasteiger partial charge is 0.484 e. The molecule has 1 N–H and O–H groups in total. The van der Waals surface area contributed by atoms with E-state index in [9.17, 15) is 9.59 Å². The summed E-state index contributed by atoms with van der Waals surface area (Å²) in [5.41, 5.74) is 1.13. The van der Waals surface area contributed by atoms with Crippen molar-refractivity contribution in [2.75, 3.05) is 6.61 Å². The zero-order valence-corrected chi connectivity index (χ0v) is 13.2. The van der Waals surface area contributed by atoms with Crippen LogP contribution in [0.15, 0.2) is 48.5 Å². The van der Waals surface area contributed by atoms with Gasteiger partial charge in [0.1, 0.15) is 5.75 Å². The van der Waals surface area contributed by atoms with Crippen molar-refractivity contribution in [3.05, 3.63) is 64.7 Å². The molecule has 1 aliphatic rings. The van der Waals surface area contributed by atoms with Gasteiger partial charge in [-0.2, -0.15) is 0 Å². The van der Waals surface area contributed by atoms with Crippen LogP contribution in [0.3, 0.4) is 0 Å². The summed E-state index contributed by atoms with van der Waals surface area (Å²) in [4.78, 5) is 23.9. The lowest BCUT2D eigenvalue weighted by atomic mass is 10.0. The minimum absolute atomic E-state index is 0.0129. The number of carbonyl (C=O) groups is 2. The Labute approximate surface area is 139 Å². The quantitative estimate of drug-likeness (QED) is 0.828. The predicted molar refractivity (Wildman–Crippen MR) is 88.0 cm³/mol. The second kappa shape index (κ2) is 6.84. The Morgan fingerprint density at radius 2 is 1.57 bits per heavy atom. The van der Waals surface area contributed by atoms with Gasteiger partial charge in [0.2, 0.25) is 0 Å². The standard InChI is InChI=1S/C18H16ClNO3/c19-14-5-1-12(2-6-14)18(22)13-3-9-16(10-4-13)23-11-17(21)20-15-7-8-15/h1-6,9-10,15H,7-8,11H2,(H,20,21). The molecule has 0 atom stereocenters. The first kappa shape index (κ1) is 15.6. The maximum absolute atomic E-state index is 12.3. The maximum Gasteiger partial charge on any atom is 0.258 e. The zero-order chi connectivity index (χ0) is 16.2. The number of amides is 1. The van der Waals surface area contributed by atoms with E-state index in [1.54, 1.807) is 48.5 Å². The molecule has 2 aromatic carbocycles. The van der Waals surface area contributed by atoms with E-state index in [0.29, 0.717) is 27.9 Å². The molecule has 5 heteroatoms. The number of hydrogen-bond acceptors (Lipinski definition) is 3. The fraction of sp³-hybridized carbons (Fsp3) is 0.222. The van der Waals surface area contributed by atoms with Crippen molar-refractivity contribution < 1.29 is 14.3 Å². The smallest absolute Gasteiger partial charge is 0.258 e. The van der Waals surface area contributed by atoms with Crippen molar-refractivity contribution in [1.29, 1.82) is 0 Å². The molecule has 1 fully saturated rings. The van der Waals surface area contributed by atoms with Crippen molar-refractivity contribution in [1.82, 2.24) is 5.32 Å². The summed E-state index contributed by atoms with van der Waals surface area (Å²) >= 11 is 5.82. The van der Waals surface area contributed by atoms with Gasteiger partial charge in [0, 0.05) is 22.2 Å². The summed E-state index contributed by atoms with van der Waals surface area (Å²) in [6.07, 6.45) is 2.10. The van der Waals surface area contributed by atoms with E-state index < -0.39 is 0 Å². The molecular formula is C18H16ClNO3. The minimum atomic E-state index is -0.117. The molecule has 0 aromatic heterocycles. The molecule has 0 unspecified atom stereocenters. The lowest BCUT2D eigenvalue weighted by molar-refractivity contribution is -0.123. The first-order valence-corrected chi connectivity index (χ1v) is 7.82. The average molecular weight is 330 g/mol. The summed E-state index contributed by atoms with van der Waals surface area (Å²) in [6.45, 7) is -0.0129. The molecule has 1 amide bonds. The van der Waals surface area contributed by atoms with E-state index in [1.807, 2.05) is 0 Å². The van der Waals surface area contributed by atoms with Crippen LogP contribution >= 0.6 is 11.6 Å². The maximum atomic E-state index is 12.3. The van der Waals surface area contributed by atoms with Crippen molar-refractivity contribution in [2.24, 2.45) is 0 Å². The number of halogens is 1. The van der Waals surface area contributed by atoms with E-state index >= 15 is 0 Å². The fourth-order valence-electron chi connectivity index (χ4n) is 2.12. The van der Waals surface area contributed by atoms with Crippen LogP contribution in [-0.2, 0) is 4.79 Å². The lowest BCUT2D eigenvalue weighted by Crippen LogP contribution is -2.30. The van der Waals surface area contributed by atoms with Crippen molar-refractivity contribution in [2.45, 2.75) is 18.9 Å². The molecule has 0 radical (unpaired) electrons. The third-order valence-corrected chi connectivity index (χ3v) is 3.79. The van der Waals surface area contributed by atoms with Crippen molar-refractivity contribution in [3.63, 3.8) is 0 Å². The van der Waals surface area contributed by atoms with Gasteiger partial charge in [0.05, 0.1) is 0 Å². The number of benzene rings is 2. The Balaban J connectivity index is 1.58. The summed E-state index contributed by atoms with van der Waals surface area (Å²) in [5, 5.41) is 3.44. The van der Waals surface area contributed by atoms with Gasteiger partial charge in [-0.25, -0.2) is 0 Å². The molecule has 0 aliphatic heterocycles. The Morgan fingerprint density at radius 3 is 2.13 bits per heavy atom. The highest BCUT2D eigenvalue weighted by molar-refractivity contribution is 6.30. The van der Waals surface area contributed by atoms with E-state index in [2.05, 4.69) is 5.32 Å². The fourth-order valence-corrected chi connectivity index (χ4v) is 2.24. The number of carbonyl (C=O) groups excluding carboxylic acids is 2. The Bertz CT molecular complexity index is 706. The molecule has 0 spiro atoms. The summed E-state index contributed by atoms with van der Waals surface area (Å²) < 4.78 is 5.41. The molecule has 0 heterocycles. The second-order valence-electron chi connectivity index (χ2n) is 5.49. The Hall–Kier alpha value is -2.33. The SMILES string of the molecule is O=C(COc1ccc(C(=O)c2ccc(Cl)cc2)cc1)NC1CC1. The molecule has 0 saturated heterocycles. The van der Waals surface area contributed by atoms with Crippen LogP contribution in [0.2, 0.25) is 5.02 Å². The van der Waals surface area contributed by atoms with Gasteiger partial charge in [-0.1, -0.05) is 11.6 Å². The summed E-state index contributed by atoms with van der Waals surface area (Å²) in [6, 6.07) is 13.8. The topological polar surface area (TPSA) is 55.4 Å². The number of hydrogen-bond donors (Lipinski definition) is 1. The summed E-state index contributed by atoms with van der Waals surface area (Å²) in [5.74, 6) is 0.358. The zero-order valence-electron chi connectivity index (χ0n) is 12.4. The van der Waals surface area contributed by atoms with Crippen LogP contribution in [-0.4, -0.2) is 24.3 Å². The van der Waals surface area contributed by atoms with Crippen LogP contribution in [0.4, 0.5) is 0 Å². The number of rotatable bonds is 6. The van der Waals surface area contributed by atoms with Crippen LogP contribution in [0.1, 0.15) is 28.8 Å². The molecule has 2 aromatic rings. The normalized spacial score (nSPS) is 13.4. The highest BCUT2D eigenvalue weighted by Gasteiger charge is 2.23. The Kier molecular flexibility index (Phi) is 4.63. The molecule has 23 heavy (non-hydrogen) atoms. The van der Waals surface area contributed by atoms with E-state index in [0.717, 1.165) is 12.8 Å². The number of ketones is 1. The number of nitrogens with one attached hydrogen (secondary N) is 1. The van der Waals surface area contributed by atoms with Crippen LogP contribution in [0, 0.1) is 0 Å². The van der Waals surface area contributed by atoms with E-state index in [-0.39, 0.29) is 18.3 Å². The molecular weight excluding hydrogens is 314 g/mol. The van der Waals surface area contributed by atoms with Gasteiger partial charge in [0.15, 0.2) is 12.4 Å². The van der Waals surface area contributed by atoms with Gasteiger partial charge in [-0.05, 0) is 61.4 Å². The van der Waals surface area contributed by atoms with Gasteiger partial charge in [-0.3, -0.25) is 9.59 Å². The highest BCUT2D eigenvalue weighted by Crippen LogP contribution is 2.19.